The summed E-state index contributed by atoms with van der Waals surface area (Å²) in [7, 11) is 1.67. The van der Waals surface area contributed by atoms with Crippen LogP contribution in [0.25, 0.3) is 6.08 Å². The molecule has 4 nitrogen and oxygen atoms in total. The zero-order valence-corrected chi connectivity index (χ0v) is 13.8. The number of rotatable bonds is 8. The van der Waals surface area contributed by atoms with Crippen LogP contribution in [0.3, 0.4) is 0 Å². The maximum Gasteiger partial charge on any atom is 0.118 e. The summed E-state index contributed by atoms with van der Waals surface area (Å²) in [6.45, 7) is 4.49. The number of hydrogen-bond acceptors (Lipinski definition) is 4. The summed E-state index contributed by atoms with van der Waals surface area (Å²) in [6, 6.07) is 12.0. The molecule has 1 aromatic heterocycles. The lowest BCUT2D eigenvalue weighted by Crippen LogP contribution is -2.28. The van der Waals surface area contributed by atoms with Crippen molar-refractivity contribution in [1.29, 1.82) is 0 Å². The first-order chi connectivity index (χ1) is 11.2. The van der Waals surface area contributed by atoms with Crippen molar-refractivity contribution in [2.24, 2.45) is 0 Å². The van der Waals surface area contributed by atoms with Crippen molar-refractivity contribution in [1.82, 2.24) is 9.88 Å². The molecule has 0 fully saturated rings. The molecular weight excluding hydrogens is 288 g/mol. The van der Waals surface area contributed by atoms with Crippen molar-refractivity contribution >= 4 is 6.08 Å². The van der Waals surface area contributed by atoms with Crippen LogP contribution in [-0.2, 0) is 6.54 Å². The number of aliphatic hydroxyl groups is 1. The Morgan fingerprint density at radius 1 is 1.26 bits per heavy atom. The number of aromatic nitrogens is 1. The van der Waals surface area contributed by atoms with Crippen LogP contribution in [0.2, 0.25) is 0 Å². The Hall–Kier alpha value is -2.17. The standard InChI is InChI=1S/C19H24N2O2/c1-16(12-17-5-7-19(23-2)8-6-17)14-21(10-11-22)15-18-4-3-9-20-13-18/h3-9,12-13,22H,10-11,14-15H2,1-2H3/b16-12-. The van der Waals surface area contributed by atoms with Gasteiger partial charge in [0.25, 0.3) is 0 Å². The van der Waals surface area contributed by atoms with E-state index in [0.29, 0.717) is 6.54 Å². The second kappa shape index (κ2) is 9.08. The molecule has 0 bridgehead atoms. The minimum Gasteiger partial charge on any atom is -0.497 e. The molecule has 0 aliphatic rings. The Labute approximate surface area is 138 Å². The number of hydrogen-bond donors (Lipinski definition) is 1. The molecular formula is C19H24N2O2. The number of pyridine rings is 1. The van der Waals surface area contributed by atoms with Crippen molar-refractivity contribution in [3.8, 4) is 5.75 Å². The maximum absolute atomic E-state index is 9.28. The van der Waals surface area contributed by atoms with E-state index >= 15 is 0 Å². The highest BCUT2D eigenvalue weighted by molar-refractivity contribution is 5.53. The van der Waals surface area contributed by atoms with Gasteiger partial charge in [0.05, 0.1) is 13.7 Å². The van der Waals surface area contributed by atoms with Gasteiger partial charge in [-0.05, 0) is 36.2 Å². The molecule has 0 aliphatic carbocycles. The molecule has 1 heterocycles. The molecule has 0 amide bonds. The average molecular weight is 312 g/mol. The molecule has 0 unspecified atom stereocenters. The molecule has 4 heteroatoms. The fraction of sp³-hybridized carbons (Fsp3) is 0.316. The van der Waals surface area contributed by atoms with E-state index in [1.165, 1.54) is 5.57 Å². The first kappa shape index (κ1) is 17.2. The van der Waals surface area contributed by atoms with Crippen LogP contribution in [0, 0.1) is 0 Å². The Morgan fingerprint density at radius 2 is 2.04 bits per heavy atom. The third kappa shape index (κ3) is 5.85. The van der Waals surface area contributed by atoms with Gasteiger partial charge in [-0.15, -0.1) is 0 Å². The number of methoxy groups -OCH3 is 1. The molecule has 0 radical (unpaired) electrons. The summed E-state index contributed by atoms with van der Waals surface area (Å²) >= 11 is 0. The zero-order valence-electron chi connectivity index (χ0n) is 13.8. The number of aliphatic hydroxyl groups excluding tert-OH is 1. The number of benzene rings is 1. The van der Waals surface area contributed by atoms with Crippen molar-refractivity contribution in [2.75, 3.05) is 26.8 Å². The minimum atomic E-state index is 0.149. The van der Waals surface area contributed by atoms with E-state index in [1.807, 2.05) is 36.5 Å². The van der Waals surface area contributed by atoms with Crippen LogP contribution >= 0.6 is 0 Å². The molecule has 2 aromatic rings. The van der Waals surface area contributed by atoms with Crippen molar-refractivity contribution in [3.05, 3.63) is 65.5 Å². The zero-order chi connectivity index (χ0) is 16.5. The summed E-state index contributed by atoms with van der Waals surface area (Å²) in [4.78, 5) is 6.36. The second-order valence-electron chi connectivity index (χ2n) is 5.56. The third-order valence-corrected chi connectivity index (χ3v) is 3.55. The first-order valence-electron chi connectivity index (χ1n) is 7.74. The van der Waals surface area contributed by atoms with E-state index in [1.54, 1.807) is 13.3 Å². The Bertz CT molecular complexity index is 609. The molecule has 0 saturated heterocycles. The van der Waals surface area contributed by atoms with Gasteiger partial charge in [0.2, 0.25) is 0 Å². The van der Waals surface area contributed by atoms with Gasteiger partial charge in [0, 0.05) is 32.0 Å². The molecule has 0 atom stereocenters. The highest BCUT2D eigenvalue weighted by atomic mass is 16.5. The second-order valence-corrected chi connectivity index (χ2v) is 5.56. The molecule has 2 rings (SSSR count). The van der Waals surface area contributed by atoms with Gasteiger partial charge in [-0.25, -0.2) is 0 Å². The van der Waals surface area contributed by atoms with E-state index in [-0.39, 0.29) is 6.61 Å². The molecule has 122 valence electrons. The predicted octanol–water partition coefficient (Wildman–Crippen LogP) is 2.99. The Kier molecular flexibility index (Phi) is 6.78. The van der Waals surface area contributed by atoms with Crippen LogP contribution in [0.15, 0.2) is 54.4 Å². The number of nitrogens with zero attached hydrogens (tertiary/aromatic N) is 2. The van der Waals surface area contributed by atoms with Gasteiger partial charge in [0.1, 0.15) is 5.75 Å². The summed E-state index contributed by atoms with van der Waals surface area (Å²) in [6.07, 6.45) is 5.80. The van der Waals surface area contributed by atoms with Crippen LogP contribution in [0.1, 0.15) is 18.1 Å². The largest absolute Gasteiger partial charge is 0.497 e. The predicted molar refractivity (Wildman–Crippen MR) is 93.2 cm³/mol. The molecule has 23 heavy (non-hydrogen) atoms. The fourth-order valence-corrected chi connectivity index (χ4v) is 2.49. The van der Waals surface area contributed by atoms with Crippen LogP contribution in [0.5, 0.6) is 5.75 Å². The lowest BCUT2D eigenvalue weighted by atomic mass is 10.1. The number of ether oxygens (including phenoxy) is 1. The Balaban J connectivity index is 2.01. The van der Waals surface area contributed by atoms with Crippen molar-refractivity contribution in [3.63, 3.8) is 0 Å². The van der Waals surface area contributed by atoms with Crippen molar-refractivity contribution in [2.45, 2.75) is 13.5 Å². The van der Waals surface area contributed by atoms with Gasteiger partial charge < -0.3 is 9.84 Å². The van der Waals surface area contributed by atoms with E-state index < -0.39 is 0 Å². The molecule has 0 spiro atoms. The van der Waals surface area contributed by atoms with Gasteiger partial charge in [-0.3, -0.25) is 9.88 Å². The third-order valence-electron chi connectivity index (χ3n) is 3.55. The van der Waals surface area contributed by atoms with Gasteiger partial charge in [-0.2, -0.15) is 0 Å². The molecule has 0 aliphatic heterocycles. The van der Waals surface area contributed by atoms with Gasteiger partial charge in [-0.1, -0.05) is 29.8 Å². The summed E-state index contributed by atoms with van der Waals surface area (Å²) < 4.78 is 5.17. The van der Waals surface area contributed by atoms with Gasteiger partial charge in [0.15, 0.2) is 0 Å². The summed E-state index contributed by atoms with van der Waals surface area (Å²) in [5.74, 6) is 0.860. The summed E-state index contributed by atoms with van der Waals surface area (Å²) in [5.41, 5.74) is 3.54. The molecule has 1 aromatic carbocycles. The maximum atomic E-state index is 9.28. The monoisotopic (exact) mass is 312 g/mol. The Morgan fingerprint density at radius 3 is 2.65 bits per heavy atom. The highest BCUT2D eigenvalue weighted by Crippen LogP contribution is 2.15. The quantitative estimate of drug-likeness (QED) is 0.814. The first-order valence-corrected chi connectivity index (χ1v) is 7.74. The van der Waals surface area contributed by atoms with E-state index in [2.05, 4.69) is 29.0 Å². The SMILES string of the molecule is COc1ccc(/C=C(/C)CN(CCO)Cc2cccnc2)cc1. The molecule has 1 N–H and O–H groups in total. The van der Waals surface area contributed by atoms with E-state index in [9.17, 15) is 5.11 Å². The van der Waals surface area contributed by atoms with Crippen molar-refractivity contribution < 1.29 is 9.84 Å². The fourth-order valence-electron chi connectivity index (χ4n) is 2.49. The lowest BCUT2D eigenvalue weighted by molar-refractivity contribution is 0.201. The van der Waals surface area contributed by atoms with Gasteiger partial charge >= 0.3 is 0 Å². The normalized spacial score (nSPS) is 11.7. The lowest BCUT2D eigenvalue weighted by Gasteiger charge is -2.21. The summed E-state index contributed by atoms with van der Waals surface area (Å²) in [5, 5.41) is 9.28. The van der Waals surface area contributed by atoms with E-state index in [4.69, 9.17) is 4.74 Å². The van der Waals surface area contributed by atoms with Crippen LogP contribution in [0.4, 0.5) is 0 Å². The topological polar surface area (TPSA) is 45.6 Å². The highest BCUT2D eigenvalue weighted by Gasteiger charge is 2.06. The van der Waals surface area contributed by atoms with Crippen LogP contribution < -0.4 is 4.74 Å². The molecule has 0 saturated carbocycles. The smallest absolute Gasteiger partial charge is 0.118 e. The van der Waals surface area contributed by atoms with Crippen LogP contribution in [-0.4, -0.2) is 41.8 Å². The van der Waals surface area contributed by atoms with E-state index in [0.717, 1.165) is 30.0 Å². The minimum absolute atomic E-state index is 0.149. The average Bonchev–Trinajstić information content (AvgIpc) is 2.56.